The fourth-order valence-electron chi connectivity index (χ4n) is 7.75. The first kappa shape index (κ1) is 47.8. The molecule has 2 aliphatic heterocycles. The first-order chi connectivity index (χ1) is 30.2. The van der Waals surface area contributed by atoms with Crippen LogP contribution in [0.25, 0.3) is 0 Å². The Morgan fingerprint density at radius 3 is 1.70 bits per heavy atom. The van der Waals surface area contributed by atoms with E-state index in [1.807, 2.05) is 0 Å². The van der Waals surface area contributed by atoms with Crippen molar-refractivity contribution < 1.29 is 37.7 Å². The summed E-state index contributed by atoms with van der Waals surface area (Å²) in [6, 6.07) is 14.1. The molecule has 2 aliphatic rings. The van der Waals surface area contributed by atoms with Crippen LogP contribution in [0.15, 0.2) is 92.3 Å². The van der Waals surface area contributed by atoms with Crippen molar-refractivity contribution in [2.45, 2.75) is 123 Å². The van der Waals surface area contributed by atoms with Crippen LogP contribution in [0.5, 0.6) is 11.5 Å². The molecule has 2 fully saturated rings. The summed E-state index contributed by atoms with van der Waals surface area (Å²) in [5, 5.41) is -0.0979. The molecule has 344 valence electrons. The third-order valence-electron chi connectivity index (χ3n) is 12.5. The van der Waals surface area contributed by atoms with Gasteiger partial charge in [-0.25, -0.2) is 9.59 Å². The Hall–Kier alpha value is -5.62. The van der Waals surface area contributed by atoms with Gasteiger partial charge in [0.25, 0.3) is 11.1 Å². The van der Waals surface area contributed by atoms with Crippen molar-refractivity contribution in [3.63, 3.8) is 0 Å². The van der Waals surface area contributed by atoms with Gasteiger partial charge in [-0.05, 0) is 91.9 Å². The lowest BCUT2D eigenvalue weighted by atomic mass is 9.94. The van der Waals surface area contributed by atoms with E-state index in [2.05, 4.69) is 33.9 Å². The molecule has 6 rings (SSSR count). The van der Waals surface area contributed by atoms with Crippen LogP contribution in [0.3, 0.4) is 0 Å². The lowest BCUT2D eigenvalue weighted by Gasteiger charge is -2.37. The fourth-order valence-corrected chi connectivity index (χ4v) is 8.77. The molecule has 0 amide bonds. The number of esters is 1. The summed E-state index contributed by atoms with van der Waals surface area (Å²) in [5.74, 6) is 0.0734. The van der Waals surface area contributed by atoms with E-state index in [0.29, 0.717) is 28.2 Å². The van der Waals surface area contributed by atoms with E-state index < -0.39 is 67.6 Å². The minimum absolute atomic E-state index is 0.0107. The SMILES string of the molecule is COc1ccc(Cn2c(=O)c(C)cn([C@H]3C[C@H](OC(C)=O)[C@@H](/C=C/C(=O)C[C@H]4C[C@H](n5cc(C)c(=O)n(Cc6ccc(OC)cc6)c5=O)O[C@@H]4CO[Si](C)(C)C(C)(C)C)O3)c2=O)cc1. The zero-order chi connectivity index (χ0) is 46.7. The van der Waals surface area contributed by atoms with Crippen LogP contribution in [0.4, 0.5) is 0 Å². The predicted octanol–water partition coefficient (Wildman–Crippen LogP) is 5.42. The third-order valence-corrected chi connectivity index (χ3v) is 17.0. The highest BCUT2D eigenvalue weighted by atomic mass is 28.4. The van der Waals surface area contributed by atoms with Crippen molar-refractivity contribution >= 4 is 20.1 Å². The highest BCUT2D eigenvalue weighted by molar-refractivity contribution is 6.74. The number of methoxy groups -OCH3 is 2. The molecule has 0 unspecified atom stereocenters. The summed E-state index contributed by atoms with van der Waals surface area (Å²) in [6.07, 6.45) is 2.26. The maximum absolute atomic E-state index is 14.0. The second kappa shape index (κ2) is 19.6. The minimum atomic E-state index is -2.26. The number of aromatic nitrogens is 4. The van der Waals surface area contributed by atoms with Crippen LogP contribution < -0.4 is 32.0 Å². The normalized spacial score (nSPS) is 21.3. The van der Waals surface area contributed by atoms with Gasteiger partial charge in [0.15, 0.2) is 14.1 Å². The van der Waals surface area contributed by atoms with Crippen LogP contribution in [0, 0.1) is 19.8 Å². The lowest BCUT2D eigenvalue weighted by molar-refractivity contribution is -0.147. The number of ketones is 1. The maximum Gasteiger partial charge on any atom is 0.333 e. The molecule has 0 aliphatic carbocycles. The van der Waals surface area contributed by atoms with Gasteiger partial charge in [0.05, 0.1) is 40.0 Å². The summed E-state index contributed by atoms with van der Waals surface area (Å²) in [4.78, 5) is 80.5. The van der Waals surface area contributed by atoms with E-state index in [9.17, 15) is 28.8 Å². The molecule has 0 bridgehead atoms. The number of hydrogen-bond acceptors (Lipinski definition) is 12. The molecule has 6 atom stereocenters. The van der Waals surface area contributed by atoms with Gasteiger partial charge in [0.1, 0.15) is 36.2 Å². The lowest BCUT2D eigenvalue weighted by Crippen LogP contribution is -2.44. The molecule has 17 heteroatoms. The van der Waals surface area contributed by atoms with E-state index in [0.717, 1.165) is 10.1 Å². The molecule has 4 aromatic rings. The number of rotatable bonds is 16. The summed E-state index contributed by atoms with van der Waals surface area (Å²) in [6.45, 7) is 15.4. The molecule has 0 N–H and O–H groups in total. The van der Waals surface area contributed by atoms with Gasteiger partial charge in [-0.1, -0.05) is 45.0 Å². The Morgan fingerprint density at radius 1 is 0.766 bits per heavy atom. The van der Waals surface area contributed by atoms with Crippen molar-refractivity contribution in [3.8, 4) is 11.5 Å². The molecule has 0 saturated carbocycles. The highest BCUT2D eigenvalue weighted by Crippen LogP contribution is 2.40. The molecule has 0 radical (unpaired) electrons. The summed E-state index contributed by atoms with van der Waals surface area (Å²) in [5.41, 5.74) is 0.119. The number of nitrogens with zero attached hydrogens (tertiary/aromatic N) is 4. The molecule has 16 nitrogen and oxygen atoms in total. The standard InChI is InChI=1S/C47H60N4O12Si/c1-29-24-48(45(56)50(43(29)54)26-32-11-16-36(58-7)17-12-32)41-22-34(40(63-41)28-60-64(9,10)47(4,5)6)21-35(53)15-20-38-39(61-31(3)52)23-42(62-38)49-25-30(2)44(55)51(46(49)57)27-33-13-18-37(59-8)19-14-33/h11-20,24-25,34,38-42H,21-23,26-28H2,1-10H3/b20-15+/t34-,38+,39-,40+,41+,42+/m0/s1. The number of ether oxygens (including phenoxy) is 5. The van der Waals surface area contributed by atoms with Gasteiger partial charge in [-0.2, -0.15) is 0 Å². The van der Waals surface area contributed by atoms with Crippen LogP contribution in [0.2, 0.25) is 18.1 Å². The van der Waals surface area contributed by atoms with Crippen molar-refractivity contribution in [1.29, 1.82) is 0 Å². The Kier molecular flexibility index (Phi) is 14.7. The molecule has 64 heavy (non-hydrogen) atoms. The maximum atomic E-state index is 14.0. The van der Waals surface area contributed by atoms with Gasteiger partial charge < -0.3 is 28.1 Å². The van der Waals surface area contributed by atoms with Crippen LogP contribution in [0.1, 0.15) is 81.7 Å². The monoisotopic (exact) mass is 900 g/mol. The molecule has 2 aromatic carbocycles. The van der Waals surface area contributed by atoms with E-state index in [4.69, 9.17) is 28.1 Å². The van der Waals surface area contributed by atoms with Gasteiger partial charge in [0.2, 0.25) is 0 Å². The Morgan fingerprint density at radius 2 is 1.25 bits per heavy atom. The van der Waals surface area contributed by atoms with Crippen molar-refractivity contribution in [1.82, 2.24) is 18.3 Å². The molecule has 2 aromatic heterocycles. The summed E-state index contributed by atoms with van der Waals surface area (Å²) < 4.78 is 40.6. The first-order valence-electron chi connectivity index (χ1n) is 21.4. The van der Waals surface area contributed by atoms with Crippen LogP contribution in [-0.2, 0) is 41.3 Å². The van der Waals surface area contributed by atoms with E-state index in [1.54, 1.807) is 76.6 Å². The zero-order valence-electron chi connectivity index (χ0n) is 38.3. The Balaban J connectivity index is 1.23. The largest absolute Gasteiger partial charge is 0.497 e. The van der Waals surface area contributed by atoms with Gasteiger partial charge in [-0.15, -0.1) is 0 Å². The van der Waals surface area contributed by atoms with E-state index in [1.165, 1.54) is 45.2 Å². The van der Waals surface area contributed by atoms with Gasteiger partial charge in [0, 0.05) is 43.3 Å². The quantitative estimate of drug-likeness (QED) is 0.0794. The fraction of sp³-hybridized carbons (Fsp3) is 0.489. The molecule has 2 saturated heterocycles. The zero-order valence-corrected chi connectivity index (χ0v) is 39.3. The minimum Gasteiger partial charge on any atom is -0.497 e. The number of carbonyl (C=O) groups is 2. The van der Waals surface area contributed by atoms with Crippen LogP contribution >= 0.6 is 0 Å². The summed E-state index contributed by atoms with van der Waals surface area (Å²) >= 11 is 0. The van der Waals surface area contributed by atoms with E-state index in [-0.39, 0.29) is 55.7 Å². The Bertz CT molecular complexity index is 2600. The highest BCUT2D eigenvalue weighted by Gasteiger charge is 2.43. The second-order valence-electron chi connectivity index (χ2n) is 18.1. The number of carbonyl (C=O) groups excluding carboxylic acids is 2. The average molecular weight is 901 g/mol. The smallest absolute Gasteiger partial charge is 0.333 e. The average Bonchev–Trinajstić information content (AvgIpc) is 3.84. The first-order valence-corrected chi connectivity index (χ1v) is 24.3. The van der Waals surface area contributed by atoms with Crippen LogP contribution in [-0.4, -0.2) is 77.5 Å². The van der Waals surface area contributed by atoms with Crippen molar-refractivity contribution in [3.05, 3.63) is 137 Å². The number of benzene rings is 2. The van der Waals surface area contributed by atoms with Crippen molar-refractivity contribution in [2.24, 2.45) is 5.92 Å². The molecular formula is C47H60N4O12Si. The second-order valence-corrected chi connectivity index (χ2v) is 23.0. The topological polar surface area (TPSA) is 178 Å². The van der Waals surface area contributed by atoms with Crippen molar-refractivity contribution in [2.75, 3.05) is 20.8 Å². The predicted molar refractivity (Wildman–Crippen MR) is 242 cm³/mol. The summed E-state index contributed by atoms with van der Waals surface area (Å²) in [7, 11) is 0.846. The molecular weight excluding hydrogens is 841 g/mol. The van der Waals surface area contributed by atoms with Gasteiger partial charge in [-0.3, -0.25) is 37.4 Å². The Labute approximate surface area is 373 Å². The van der Waals surface area contributed by atoms with E-state index >= 15 is 0 Å². The molecule has 0 spiro atoms. The number of aryl methyl sites for hydroxylation is 2. The number of hydrogen-bond donors (Lipinski definition) is 0. The third kappa shape index (κ3) is 10.8. The number of allylic oxidation sites excluding steroid dienone is 1. The molecule has 4 heterocycles. The van der Waals surface area contributed by atoms with Gasteiger partial charge >= 0.3 is 17.3 Å².